The molecular weight excluding hydrogens is 471 g/mol. The second kappa shape index (κ2) is 10.6. The van der Waals surface area contributed by atoms with Gasteiger partial charge in [-0.3, -0.25) is 0 Å². The first-order chi connectivity index (χ1) is 14.7. The van der Waals surface area contributed by atoms with Gasteiger partial charge in [0.15, 0.2) is 0 Å². The summed E-state index contributed by atoms with van der Waals surface area (Å²) in [5, 5.41) is 13.4. The Kier molecular flexibility index (Phi) is 8.89. The maximum Gasteiger partial charge on any atom is 0.407 e. The number of halogens is 2. The molecule has 1 aliphatic heterocycles. The Hall–Kier alpha value is -1.48. The van der Waals surface area contributed by atoms with Crippen molar-refractivity contribution in [3.05, 3.63) is 33.8 Å². The standard InChI is InChI=1S/C22H34Cl2N2O5Si/c1-22(2,3)18-13-26(21(28)29)12-17(25-20(27)30-9-10-32(4,5)6)19(31-18)14-7-8-15(23)16(24)11-14/h7-8,11,17-19H,9-10,12-13H2,1-6H3,(H,25,27)(H,28,29)/t17-,18?,19+/m1/s1. The van der Waals surface area contributed by atoms with Gasteiger partial charge in [0.2, 0.25) is 0 Å². The second-order valence-corrected chi connectivity index (χ2v) is 16.9. The zero-order valence-electron chi connectivity index (χ0n) is 19.6. The number of hydrogen-bond donors (Lipinski definition) is 2. The van der Waals surface area contributed by atoms with Gasteiger partial charge in [-0.15, -0.1) is 0 Å². The van der Waals surface area contributed by atoms with Crippen LogP contribution in [-0.2, 0) is 9.47 Å². The largest absolute Gasteiger partial charge is 0.465 e. The monoisotopic (exact) mass is 504 g/mol. The summed E-state index contributed by atoms with van der Waals surface area (Å²) in [4.78, 5) is 25.8. The summed E-state index contributed by atoms with van der Waals surface area (Å²) in [5.74, 6) is 0. The Morgan fingerprint density at radius 2 is 1.88 bits per heavy atom. The summed E-state index contributed by atoms with van der Waals surface area (Å²) in [5.41, 5.74) is 0.364. The van der Waals surface area contributed by atoms with Gasteiger partial charge < -0.3 is 24.8 Å². The highest BCUT2D eigenvalue weighted by atomic mass is 35.5. The molecule has 32 heavy (non-hydrogen) atoms. The average Bonchev–Trinajstić information content (AvgIpc) is 2.83. The summed E-state index contributed by atoms with van der Waals surface area (Å²) >= 11 is 12.3. The number of nitrogens with zero attached hydrogens (tertiary/aromatic N) is 1. The number of carbonyl (C=O) groups excluding carboxylic acids is 1. The van der Waals surface area contributed by atoms with Gasteiger partial charge in [-0.2, -0.15) is 0 Å². The third-order valence-corrected chi connectivity index (χ3v) is 7.82. The molecule has 1 aromatic carbocycles. The first-order valence-corrected chi connectivity index (χ1v) is 15.2. The van der Waals surface area contributed by atoms with Crippen LogP contribution in [0.2, 0.25) is 35.7 Å². The van der Waals surface area contributed by atoms with E-state index in [1.807, 2.05) is 20.8 Å². The van der Waals surface area contributed by atoms with Crippen LogP contribution in [0, 0.1) is 5.41 Å². The Bertz CT molecular complexity index is 826. The van der Waals surface area contributed by atoms with Crippen LogP contribution >= 0.6 is 23.2 Å². The fourth-order valence-corrected chi connectivity index (χ4v) is 4.34. The van der Waals surface area contributed by atoms with Crippen LogP contribution in [0.15, 0.2) is 18.2 Å². The average molecular weight is 506 g/mol. The van der Waals surface area contributed by atoms with Crippen molar-refractivity contribution >= 4 is 43.5 Å². The van der Waals surface area contributed by atoms with Gasteiger partial charge >= 0.3 is 12.2 Å². The highest BCUT2D eigenvalue weighted by Gasteiger charge is 2.40. The zero-order chi connectivity index (χ0) is 24.3. The lowest BCUT2D eigenvalue weighted by atomic mass is 9.88. The molecule has 0 aliphatic carbocycles. The van der Waals surface area contributed by atoms with E-state index < -0.39 is 38.5 Å². The van der Waals surface area contributed by atoms with E-state index in [0.29, 0.717) is 22.2 Å². The summed E-state index contributed by atoms with van der Waals surface area (Å²) in [6, 6.07) is 5.30. The van der Waals surface area contributed by atoms with Crippen molar-refractivity contribution in [2.45, 2.75) is 64.7 Å². The molecule has 2 N–H and O–H groups in total. The zero-order valence-corrected chi connectivity index (χ0v) is 22.1. The second-order valence-electron chi connectivity index (χ2n) is 10.5. The molecule has 180 valence electrons. The lowest BCUT2D eigenvalue weighted by Crippen LogP contribution is -2.47. The molecule has 7 nitrogen and oxygen atoms in total. The number of alkyl carbamates (subject to hydrolysis) is 1. The normalized spacial score (nSPS) is 22.2. The number of rotatable bonds is 5. The minimum absolute atomic E-state index is 0.0515. The molecule has 0 saturated carbocycles. The molecule has 1 fully saturated rings. The lowest BCUT2D eigenvalue weighted by molar-refractivity contribution is -0.0698. The predicted octanol–water partition coefficient (Wildman–Crippen LogP) is 5.89. The van der Waals surface area contributed by atoms with Crippen LogP contribution in [-0.4, -0.2) is 62.1 Å². The number of benzene rings is 1. The van der Waals surface area contributed by atoms with Crippen molar-refractivity contribution in [3.8, 4) is 0 Å². The number of carbonyl (C=O) groups is 2. The van der Waals surface area contributed by atoms with Crippen LogP contribution in [0.1, 0.15) is 32.4 Å². The van der Waals surface area contributed by atoms with Gasteiger partial charge in [-0.05, 0) is 29.2 Å². The van der Waals surface area contributed by atoms with E-state index in [1.165, 1.54) is 4.90 Å². The highest BCUT2D eigenvalue weighted by Crippen LogP contribution is 2.36. The van der Waals surface area contributed by atoms with Crippen LogP contribution in [0.3, 0.4) is 0 Å². The number of ether oxygens (including phenoxy) is 2. The van der Waals surface area contributed by atoms with Crippen molar-refractivity contribution in [2.75, 3.05) is 19.7 Å². The summed E-state index contributed by atoms with van der Waals surface area (Å²) in [6.45, 7) is 13.1. The third kappa shape index (κ3) is 7.83. The lowest BCUT2D eigenvalue weighted by Gasteiger charge is -2.34. The molecule has 2 rings (SSSR count). The molecular formula is C22H34Cl2N2O5Si. The van der Waals surface area contributed by atoms with Gasteiger partial charge in [0, 0.05) is 14.6 Å². The van der Waals surface area contributed by atoms with E-state index >= 15 is 0 Å². The molecule has 0 radical (unpaired) electrons. The molecule has 3 atom stereocenters. The molecule has 0 spiro atoms. The van der Waals surface area contributed by atoms with E-state index in [1.54, 1.807) is 18.2 Å². The predicted molar refractivity (Wildman–Crippen MR) is 130 cm³/mol. The van der Waals surface area contributed by atoms with E-state index in [-0.39, 0.29) is 18.5 Å². The Labute approximate surface area is 201 Å². The minimum Gasteiger partial charge on any atom is -0.465 e. The SMILES string of the molecule is CC(C)(C)C1CN(C(=O)O)C[C@@H](NC(=O)OCC[Si](C)(C)C)[C@H](c2ccc(Cl)c(Cl)c2)O1. The van der Waals surface area contributed by atoms with Crippen LogP contribution in [0.25, 0.3) is 0 Å². The van der Waals surface area contributed by atoms with Gasteiger partial charge in [-0.1, -0.05) is 69.7 Å². The topological polar surface area (TPSA) is 88.1 Å². The van der Waals surface area contributed by atoms with E-state index in [0.717, 1.165) is 6.04 Å². The molecule has 1 heterocycles. The maximum atomic E-state index is 12.6. The van der Waals surface area contributed by atoms with E-state index in [9.17, 15) is 14.7 Å². The summed E-state index contributed by atoms with van der Waals surface area (Å²) < 4.78 is 11.8. The van der Waals surface area contributed by atoms with Crippen LogP contribution < -0.4 is 5.32 Å². The Morgan fingerprint density at radius 1 is 1.22 bits per heavy atom. The van der Waals surface area contributed by atoms with Crippen molar-refractivity contribution in [1.82, 2.24) is 10.2 Å². The molecule has 1 aromatic rings. The number of hydrogen-bond acceptors (Lipinski definition) is 4. The highest BCUT2D eigenvalue weighted by molar-refractivity contribution is 6.76. The van der Waals surface area contributed by atoms with Crippen molar-refractivity contribution in [2.24, 2.45) is 5.41 Å². The third-order valence-electron chi connectivity index (χ3n) is 5.38. The van der Waals surface area contributed by atoms with Crippen LogP contribution in [0.4, 0.5) is 9.59 Å². The molecule has 10 heteroatoms. The quantitative estimate of drug-likeness (QED) is 0.487. The number of amides is 2. The fraction of sp³-hybridized carbons (Fsp3) is 0.636. The van der Waals surface area contributed by atoms with Crippen molar-refractivity contribution < 1.29 is 24.2 Å². The first-order valence-electron chi connectivity index (χ1n) is 10.7. The number of nitrogens with one attached hydrogen (secondary N) is 1. The minimum atomic E-state index is -1.36. The van der Waals surface area contributed by atoms with Gasteiger partial charge in [-0.25, -0.2) is 9.59 Å². The molecule has 1 unspecified atom stereocenters. The number of carboxylic acid groups (broad SMARTS) is 1. The fourth-order valence-electron chi connectivity index (χ4n) is 3.32. The summed E-state index contributed by atoms with van der Waals surface area (Å²) in [6.07, 6.45) is -2.71. The van der Waals surface area contributed by atoms with Crippen LogP contribution in [0.5, 0.6) is 0 Å². The Morgan fingerprint density at radius 3 is 2.41 bits per heavy atom. The maximum absolute atomic E-state index is 12.6. The Balaban J connectivity index is 2.34. The van der Waals surface area contributed by atoms with Gasteiger partial charge in [0.25, 0.3) is 0 Å². The molecule has 2 amide bonds. The van der Waals surface area contributed by atoms with E-state index in [4.69, 9.17) is 32.7 Å². The molecule has 0 aromatic heterocycles. The smallest absolute Gasteiger partial charge is 0.407 e. The van der Waals surface area contributed by atoms with Crippen molar-refractivity contribution in [3.63, 3.8) is 0 Å². The molecule has 1 aliphatic rings. The van der Waals surface area contributed by atoms with Gasteiger partial charge in [0.05, 0.1) is 35.3 Å². The van der Waals surface area contributed by atoms with Crippen molar-refractivity contribution in [1.29, 1.82) is 0 Å². The van der Waals surface area contributed by atoms with E-state index in [2.05, 4.69) is 25.0 Å². The summed E-state index contributed by atoms with van der Waals surface area (Å²) in [7, 11) is -1.36. The molecule has 0 bridgehead atoms. The van der Waals surface area contributed by atoms with Gasteiger partial charge in [0.1, 0.15) is 6.10 Å². The molecule has 1 saturated heterocycles. The first kappa shape index (κ1) is 26.8.